The predicted octanol–water partition coefficient (Wildman–Crippen LogP) is 1.44. The van der Waals surface area contributed by atoms with Crippen LogP contribution < -0.4 is 5.56 Å². The molecule has 0 aliphatic rings. The fourth-order valence-electron chi connectivity index (χ4n) is 2.16. The largest absolute Gasteiger partial charge is 0.309 e. The van der Waals surface area contributed by atoms with E-state index in [0.717, 1.165) is 6.42 Å². The van der Waals surface area contributed by atoms with Crippen molar-refractivity contribution in [2.45, 2.75) is 12.8 Å². The fraction of sp³-hybridized carbons (Fsp3) is 0.214. The highest BCUT2D eigenvalue weighted by Gasteiger charge is 2.08. The van der Waals surface area contributed by atoms with Crippen molar-refractivity contribution in [3.63, 3.8) is 0 Å². The van der Waals surface area contributed by atoms with Gasteiger partial charge in [0.15, 0.2) is 5.52 Å². The number of fused-ring (bicyclic) bond motifs is 1. The first-order valence-corrected chi connectivity index (χ1v) is 6.19. The van der Waals surface area contributed by atoms with Gasteiger partial charge in [-0.05, 0) is 12.0 Å². The molecule has 0 saturated carbocycles. The van der Waals surface area contributed by atoms with Gasteiger partial charge in [0.25, 0.3) is 5.56 Å². The number of nitrogens with one attached hydrogen (secondary N) is 1. The second-order valence-electron chi connectivity index (χ2n) is 4.50. The molecule has 0 amide bonds. The molecule has 0 aliphatic heterocycles. The molecule has 0 bridgehead atoms. The maximum atomic E-state index is 11.9. The summed E-state index contributed by atoms with van der Waals surface area (Å²) in [5.41, 5.74) is 2.27. The van der Waals surface area contributed by atoms with E-state index >= 15 is 0 Å². The summed E-state index contributed by atoms with van der Waals surface area (Å²) in [6, 6.07) is 10.2. The molecule has 0 radical (unpaired) electrons. The maximum Gasteiger partial charge on any atom is 0.277 e. The van der Waals surface area contributed by atoms with Crippen LogP contribution in [0.15, 0.2) is 41.3 Å². The Bertz CT molecular complexity index is 758. The molecule has 0 fully saturated rings. The molecule has 3 rings (SSSR count). The van der Waals surface area contributed by atoms with Crippen LogP contribution in [0.4, 0.5) is 0 Å². The Hall–Kier alpha value is -2.43. The van der Waals surface area contributed by atoms with Gasteiger partial charge in [-0.25, -0.2) is 4.98 Å². The third-order valence-corrected chi connectivity index (χ3v) is 3.14. The highest BCUT2D eigenvalue weighted by Crippen LogP contribution is 2.07. The number of benzene rings is 1. The van der Waals surface area contributed by atoms with E-state index in [-0.39, 0.29) is 5.56 Å². The Balaban J connectivity index is 1.88. The van der Waals surface area contributed by atoms with Crippen molar-refractivity contribution >= 4 is 11.0 Å². The van der Waals surface area contributed by atoms with Crippen LogP contribution in [0.5, 0.6) is 0 Å². The number of aromatic amines is 1. The Morgan fingerprint density at radius 3 is 2.79 bits per heavy atom. The van der Waals surface area contributed by atoms with Crippen molar-refractivity contribution in [3.05, 3.63) is 58.3 Å². The Kier molecular flexibility index (Phi) is 2.87. The monoisotopic (exact) mass is 254 g/mol. The first kappa shape index (κ1) is 11.6. The molecule has 0 saturated heterocycles. The molecular formula is C14H14N4O. The van der Waals surface area contributed by atoms with E-state index in [1.54, 1.807) is 17.9 Å². The number of hydrogen-bond donors (Lipinski definition) is 1. The lowest BCUT2D eigenvalue weighted by atomic mass is 10.1. The molecule has 1 N–H and O–H groups in total. The van der Waals surface area contributed by atoms with Crippen LogP contribution in [0, 0.1) is 0 Å². The third kappa shape index (κ3) is 2.27. The lowest BCUT2D eigenvalue weighted by molar-refractivity contribution is 0.788. The minimum Gasteiger partial charge on any atom is -0.309 e. The van der Waals surface area contributed by atoms with Gasteiger partial charge in [-0.1, -0.05) is 30.3 Å². The van der Waals surface area contributed by atoms with Gasteiger partial charge in [-0.2, -0.15) is 5.10 Å². The van der Waals surface area contributed by atoms with Crippen molar-refractivity contribution in [3.8, 4) is 0 Å². The summed E-state index contributed by atoms with van der Waals surface area (Å²) >= 11 is 0. The minimum absolute atomic E-state index is 0.131. The zero-order valence-electron chi connectivity index (χ0n) is 10.6. The molecule has 1 aromatic carbocycles. The van der Waals surface area contributed by atoms with Crippen LogP contribution in [0.25, 0.3) is 11.0 Å². The second-order valence-corrected chi connectivity index (χ2v) is 4.50. The lowest BCUT2D eigenvalue weighted by Crippen LogP contribution is -2.14. The van der Waals surface area contributed by atoms with E-state index in [4.69, 9.17) is 0 Å². The normalized spacial score (nSPS) is 11.0. The SMILES string of the molecule is Cn1ncc2nc(CCc3ccccc3)[nH]c(=O)c21. The van der Waals surface area contributed by atoms with Gasteiger partial charge in [0, 0.05) is 13.5 Å². The standard InChI is InChI=1S/C14H14N4O/c1-18-13-11(9-15-18)16-12(17-14(13)19)8-7-10-5-3-2-4-6-10/h2-6,9H,7-8H2,1H3,(H,16,17,19). The fourth-order valence-corrected chi connectivity index (χ4v) is 2.16. The van der Waals surface area contributed by atoms with Crippen LogP contribution >= 0.6 is 0 Å². The average Bonchev–Trinajstić information content (AvgIpc) is 2.80. The van der Waals surface area contributed by atoms with Crippen LogP contribution in [-0.4, -0.2) is 19.7 Å². The molecule has 5 nitrogen and oxygen atoms in total. The molecule has 96 valence electrons. The smallest absolute Gasteiger partial charge is 0.277 e. The van der Waals surface area contributed by atoms with E-state index in [1.807, 2.05) is 18.2 Å². The molecule has 2 aromatic heterocycles. The summed E-state index contributed by atoms with van der Waals surface area (Å²) in [6.45, 7) is 0. The van der Waals surface area contributed by atoms with Crippen LogP contribution in [0.3, 0.4) is 0 Å². The Morgan fingerprint density at radius 2 is 2.00 bits per heavy atom. The summed E-state index contributed by atoms with van der Waals surface area (Å²) in [4.78, 5) is 19.2. The average molecular weight is 254 g/mol. The molecule has 19 heavy (non-hydrogen) atoms. The zero-order chi connectivity index (χ0) is 13.2. The van der Waals surface area contributed by atoms with Crippen molar-refractivity contribution in [2.75, 3.05) is 0 Å². The first-order chi connectivity index (χ1) is 9.24. The van der Waals surface area contributed by atoms with Gasteiger partial charge < -0.3 is 4.98 Å². The first-order valence-electron chi connectivity index (χ1n) is 6.19. The number of rotatable bonds is 3. The topological polar surface area (TPSA) is 63.6 Å². The molecule has 0 unspecified atom stereocenters. The Labute approximate surface area is 109 Å². The number of H-pyrrole nitrogens is 1. The summed E-state index contributed by atoms with van der Waals surface area (Å²) in [6.07, 6.45) is 3.19. The van der Waals surface area contributed by atoms with E-state index in [9.17, 15) is 4.79 Å². The summed E-state index contributed by atoms with van der Waals surface area (Å²) in [7, 11) is 1.74. The summed E-state index contributed by atoms with van der Waals surface area (Å²) in [5.74, 6) is 0.703. The molecular weight excluding hydrogens is 240 g/mol. The zero-order valence-corrected chi connectivity index (χ0v) is 10.6. The number of aromatic nitrogens is 4. The van der Waals surface area contributed by atoms with Gasteiger partial charge in [-0.15, -0.1) is 0 Å². The molecule has 3 aromatic rings. The van der Waals surface area contributed by atoms with Crippen molar-refractivity contribution in [2.24, 2.45) is 7.05 Å². The van der Waals surface area contributed by atoms with Gasteiger partial charge in [0.1, 0.15) is 11.3 Å². The van der Waals surface area contributed by atoms with Crippen molar-refractivity contribution in [1.82, 2.24) is 19.7 Å². The van der Waals surface area contributed by atoms with Crippen molar-refractivity contribution < 1.29 is 0 Å². The molecule has 0 aliphatic carbocycles. The Morgan fingerprint density at radius 1 is 1.21 bits per heavy atom. The molecule has 2 heterocycles. The lowest BCUT2D eigenvalue weighted by Gasteiger charge is -2.02. The highest BCUT2D eigenvalue weighted by molar-refractivity contribution is 5.72. The minimum atomic E-state index is -0.131. The number of aryl methyl sites for hydroxylation is 3. The predicted molar refractivity (Wildman–Crippen MR) is 73.0 cm³/mol. The molecule has 0 atom stereocenters. The van der Waals surface area contributed by atoms with Crippen molar-refractivity contribution in [1.29, 1.82) is 0 Å². The number of hydrogen-bond acceptors (Lipinski definition) is 3. The number of nitrogens with zero attached hydrogens (tertiary/aromatic N) is 3. The second kappa shape index (κ2) is 4.68. The third-order valence-electron chi connectivity index (χ3n) is 3.14. The van der Waals surface area contributed by atoms with Gasteiger partial charge in [0.2, 0.25) is 0 Å². The summed E-state index contributed by atoms with van der Waals surface area (Å²) < 4.78 is 1.54. The van der Waals surface area contributed by atoms with E-state index in [0.29, 0.717) is 23.3 Å². The molecule has 5 heteroatoms. The van der Waals surface area contributed by atoms with Gasteiger partial charge in [-0.3, -0.25) is 9.48 Å². The highest BCUT2D eigenvalue weighted by atomic mass is 16.1. The van der Waals surface area contributed by atoms with Crippen LogP contribution in [0.1, 0.15) is 11.4 Å². The van der Waals surface area contributed by atoms with Gasteiger partial charge in [0.05, 0.1) is 6.20 Å². The van der Waals surface area contributed by atoms with E-state index in [1.165, 1.54) is 5.56 Å². The maximum absolute atomic E-state index is 11.9. The summed E-state index contributed by atoms with van der Waals surface area (Å²) in [5, 5.41) is 4.05. The van der Waals surface area contributed by atoms with Gasteiger partial charge >= 0.3 is 0 Å². The van der Waals surface area contributed by atoms with E-state index in [2.05, 4.69) is 27.2 Å². The van der Waals surface area contributed by atoms with E-state index < -0.39 is 0 Å². The quantitative estimate of drug-likeness (QED) is 0.769. The molecule has 0 spiro atoms. The van der Waals surface area contributed by atoms with Crippen LogP contribution in [-0.2, 0) is 19.9 Å². The van der Waals surface area contributed by atoms with Crippen LogP contribution in [0.2, 0.25) is 0 Å².